The van der Waals surface area contributed by atoms with Crippen molar-refractivity contribution in [1.82, 2.24) is 4.98 Å². The number of aromatic nitrogens is 1. The van der Waals surface area contributed by atoms with E-state index in [4.69, 9.17) is 15.2 Å². The van der Waals surface area contributed by atoms with Gasteiger partial charge in [-0.25, -0.2) is 14.2 Å². The molecule has 0 saturated carbocycles. The van der Waals surface area contributed by atoms with Crippen LogP contribution in [-0.4, -0.2) is 23.3 Å². The Bertz CT molecular complexity index is 1310. The first-order chi connectivity index (χ1) is 16.2. The number of hydrogen-bond donors (Lipinski definition) is 1. The molecule has 34 heavy (non-hydrogen) atoms. The van der Waals surface area contributed by atoms with Crippen LogP contribution in [0.1, 0.15) is 35.2 Å². The molecule has 1 aromatic carbocycles. The predicted octanol–water partition coefficient (Wildman–Crippen LogP) is 4.89. The molecule has 10 heteroatoms. The van der Waals surface area contributed by atoms with E-state index in [0.717, 1.165) is 11.3 Å². The highest BCUT2D eigenvalue weighted by Gasteiger charge is 2.39. The maximum Gasteiger partial charge on any atom is 0.338 e. The van der Waals surface area contributed by atoms with Crippen molar-refractivity contribution in [1.29, 1.82) is 10.5 Å². The number of nitrogens with zero attached hydrogens (tertiary/aromatic N) is 3. The standard InChI is InChI=1S/C24H20BrFN4O3S/c1-4-32-24(31)21-19(11-34-23-16(9-27)12(2)7-13(3)30-23)33-22(29)17(10-28)20(21)15-6-5-14(25)8-18(15)26/h5-8,20H,4,11,29H2,1-3H3/t20-/m1/s1. The first-order valence-corrected chi connectivity index (χ1v) is 11.9. The Morgan fingerprint density at radius 3 is 2.68 bits per heavy atom. The smallest absolute Gasteiger partial charge is 0.338 e. The molecule has 0 saturated heterocycles. The van der Waals surface area contributed by atoms with E-state index in [9.17, 15) is 19.7 Å². The second-order valence-electron chi connectivity index (χ2n) is 7.31. The quantitative estimate of drug-likeness (QED) is 0.404. The molecule has 2 aromatic rings. The largest absolute Gasteiger partial charge is 0.463 e. The topological polar surface area (TPSA) is 122 Å². The van der Waals surface area contributed by atoms with Gasteiger partial charge in [0.1, 0.15) is 34.3 Å². The summed E-state index contributed by atoms with van der Waals surface area (Å²) in [5.41, 5.74) is 7.89. The SMILES string of the molecule is CCOC(=O)C1=C(CSc2nc(C)cc(C)c2C#N)OC(N)=C(C#N)[C@H]1c1ccc(Br)cc1F. The normalized spacial score (nSPS) is 15.4. The number of nitriles is 2. The van der Waals surface area contributed by atoms with Gasteiger partial charge in [0.2, 0.25) is 5.88 Å². The molecular formula is C24H20BrFN4O3S. The molecule has 2 heterocycles. The number of nitrogens with two attached hydrogens (primary N) is 1. The number of carbonyl (C=O) groups excluding carboxylic acids is 1. The molecule has 0 amide bonds. The Balaban J connectivity index is 2.15. The van der Waals surface area contributed by atoms with Crippen LogP contribution in [0, 0.1) is 42.3 Å². The summed E-state index contributed by atoms with van der Waals surface area (Å²) in [5, 5.41) is 19.8. The Morgan fingerprint density at radius 2 is 2.06 bits per heavy atom. The van der Waals surface area contributed by atoms with Gasteiger partial charge < -0.3 is 15.2 Å². The molecule has 174 valence electrons. The van der Waals surface area contributed by atoms with Crippen LogP contribution in [0.5, 0.6) is 0 Å². The van der Waals surface area contributed by atoms with E-state index < -0.39 is 17.7 Å². The fourth-order valence-electron chi connectivity index (χ4n) is 3.58. The van der Waals surface area contributed by atoms with Gasteiger partial charge in [-0.3, -0.25) is 0 Å². The third-order valence-corrected chi connectivity index (χ3v) is 6.50. The predicted molar refractivity (Wildman–Crippen MR) is 128 cm³/mol. The molecule has 2 N–H and O–H groups in total. The fourth-order valence-corrected chi connectivity index (χ4v) is 4.96. The number of halogens is 2. The van der Waals surface area contributed by atoms with Crippen LogP contribution in [0.15, 0.2) is 56.6 Å². The molecule has 0 spiro atoms. The van der Waals surface area contributed by atoms with E-state index in [1.54, 1.807) is 19.1 Å². The van der Waals surface area contributed by atoms with Crippen LogP contribution in [0.25, 0.3) is 0 Å². The number of rotatable bonds is 6. The summed E-state index contributed by atoms with van der Waals surface area (Å²) < 4.78 is 26.4. The van der Waals surface area contributed by atoms with E-state index in [1.165, 1.54) is 23.9 Å². The second-order valence-corrected chi connectivity index (χ2v) is 9.19. The lowest BCUT2D eigenvalue weighted by molar-refractivity contribution is -0.139. The second kappa shape index (κ2) is 10.7. The van der Waals surface area contributed by atoms with Crippen LogP contribution in [-0.2, 0) is 14.3 Å². The Morgan fingerprint density at radius 1 is 1.32 bits per heavy atom. The molecule has 3 rings (SSSR count). The number of ether oxygens (including phenoxy) is 2. The number of pyridine rings is 1. The van der Waals surface area contributed by atoms with Gasteiger partial charge in [0.15, 0.2) is 0 Å². The van der Waals surface area contributed by atoms with E-state index in [0.29, 0.717) is 15.1 Å². The summed E-state index contributed by atoms with van der Waals surface area (Å²) >= 11 is 4.39. The van der Waals surface area contributed by atoms with Crippen molar-refractivity contribution < 1.29 is 18.7 Å². The minimum absolute atomic E-state index is 0.0239. The number of esters is 1. The van der Waals surface area contributed by atoms with E-state index >= 15 is 0 Å². The molecule has 0 radical (unpaired) electrons. The molecule has 1 aliphatic heterocycles. The summed E-state index contributed by atoms with van der Waals surface area (Å²) in [6.45, 7) is 5.32. The summed E-state index contributed by atoms with van der Waals surface area (Å²) in [4.78, 5) is 17.5. The lowest BCUT2D eigenvalue weighted by Crippen LogP contribution is -2.27. The maximum absolute atomic E-state index is 15.0. The zero-order valence-electron chi connectivity index (χ0n) is 18.6. The number of benzene rings is 1. The van der Waals surface area contributed by atoms with Gasteiger partial charge in [-0.05, 0) is 44.5 Å². The van der Waals surface area contributed by atoms with E-state index in [2.05, 4.69) is 27.0 Å². The minimum Gasteiger partial charge on any atom is -0.463 e. The molecule has 0 fully saturated rings. The van der Waals surface area contributed by atoms with Gasteiger partial charge in [0.05, 0.1) is 29.4 Å². The van der Waals surface area contributed by atoms with Crippen molar-refractivity contribution >= 4 is 33.7 Å². The van der Waals surface area contributed by atoms with E-state index in [-0.39, 0.29) is 40.7 Å². The average Bonchev–Trinajstić information content (AvgIpc) is 2.77. The molecule has 7 nitrogen and oxygen atoms in total. The zero-order valence-corrected chi connectivity index (χ0v) is 21.0. The van der Waals surface area contributed by atoms with Crippen LogP contribution < -0.4 is 5.73 Å². The van der Waals surface area contributed by atoms with Crippen molar-refractivity contribution in [3.8, 4) is 12.1 Å². The first kappa shape index (κ1) is 25.3. The Hall–Kier alpha value is -3.34. The van der Waals surface area contributed by atoms with Crippen molar-refractivity contribution in [3.05, 3.63) is 79.7 Å². The molecule has 0 bridgehead atoms. The molecular weight excluding hydrogens is 523 g/mol. The number of aryl methyl sites for hydroxylation is 2. The van der Waals surface area contributed by atoms with Gasteiger partial charge in [0, 0.05) is 15.7 Å². The summed E-state index contributed by atoms with van der Waals surface area (Å²) in [5.74, 6) is -2.57. The van der Waals surface area contributed by atoms with E-state index in [1.807, 2.05) is 19.9 Å². The van der Waals surface area contributed by atoms with Crippen LogP contribution >= 0.6 is 27.7 Å². The third kappa shape index (κ3) is 5.09. The van der Waals surface area contributed by atoms with Crippen molar-refractivity contribution in [2.75, 3.05) is 12.4 Å². The first-order valence-electron chi connectivity index (χ1n) is 10.2. The van der Waals surface area contributed by atoms with Gasteiger partial charge in [0.25, 0.3) is 0 Å². The minimum atomic E-state index is -1.12. The Kier molecular flexibility index (Phi) is 7.98. The van der Waals surface area contributed by atoms with Gasteiger partial charge in [-0.2, -0.15) is 10.5 Å². The van der Waals surface area contributed by atoms with Gasteiger partial charge in [-0.1, -0.05) is 33.8 Å². The molecule has 0 aliphatic carbocycles. The fraction of sp³-hybridized carbons (Fsp3) is 0.250. The van der Waals surface area contributed by atoms with Crippen molar-refractivity contribution in [2.24, 2.45) is 5.73 Å². The Labute approximate surface area is 209 Å². The number of hydrogen-bond acceptors (Lipinski definition) is 8. The number of carbonyl (C=O) groups is 1. The molecule has 1 aromatic heterocycles. The summed E-state index contributed by atoms with van der Waals surface area (Å²) in [6.07, 6.45) is 0. The summed E-state index contributed by atoms with van der Waals surface area (Å²) in [7, 11) is 0. The van der Waals surface area contributed by atoms with Gasteiger partial charge in [-0.15, -0.1) is 0 Å². The monoisotopic (exact) mass is 542 g/mol. The molecule has 0 unspecified atom stereocenters. The summed E-state index contributed by atoms with van der Waals surface area (Å²) in [6, 6.07) is 10.2. The average molecular weight is 543 g/mol. The highest BCUT2D eigenvalue weighted by molar-refractivity contribution is 9.10. The van der Waals surface area contributed by atoms with Crippen molar-refractivity contribution in [2.45, 2.75) is 31.7 Å². The van der Waals surface area contributed by atoms with Gasteiger partial charge >= 0.3 is 5.97 Å². The van der Waals surface area contributed by atoms with Crippen LogP contribution in [0.4, 0.5) is 4.39 Å². The molecule has 1 aliphatic rings. The highest BCUT2D eigenvalue weighted by Crippen LogP contribution is 2.42. The third-order valence-electron chi connectivity index (χ3n) is 5.03. The zero-order chi connectivity index (χ0) is 25.0. The van der Waals surface area contributed by atoms with Crippen LogP contribution in [0.2, 0.25) is 0 Å². The van der Waals surface area contributed by atoms with Crippen LogP contribution in [0.3, 0.4) is 0 Å². The molecule has 1 atom stereocenters. The lowest BCUT2D eigenvalue weighted by Gasteiger charge is -2.28. The van der Waals surface area contributed by atoms with Crippen molar-refractivity contribution in [3.63, 3.8) is 0 Å². The highest BCUT2D eigenvalue weighted by atomic mass is 79.9. The maximum atomic E-state index is 15.0. The lowest BCUT2D eigenvalue weighted by atomic mass is 9.83. The number of thioether (sulfide) groups is 1. The number of allylic oxidation sites excluding steroid dienone is 1.